The number of ether oxygens (including phenoxy) is 1. The van der Waals surface area contributed by atoms with Crippen LogP contribution in [-0.2, 0) is 5.67 Å². The first-order chi connectivity index (χ1) is 8.21. The first kappa shape index (κ1) is 11.0. The minimum Gasteiger partial charge on any atom is -0.497 e. The van der Waals surface area contributed by atoms with Gasteiger partial charge in [-0.15, -0.1) is 0 Å². The van der Waals surface area contributed by atoms with Gasteiger partial charge >= 0.3 is 0 Å². The van der Waals surface area contributed by atoms with Crippen molar-refractivity contribution in [3.63, 3.8) is 0 Å². The molecule has 3 rings (SSSR count). The van der Waals surface area contributed by atoms with Gasteiger partial charge in [0.25, 0.3) is 0 Å². The molecule has 92 valence electrons. The summed E-state index contributed by atoms with van der Waals surface area (Å²) >= 11 is 0. The molecule has 17 heavy (non-hydrogen) atoms. The molecule has 1 saturated carbocycles. The van der Waals surface area contributed by atoms with Gasteiger partial charge < -0.3 is 10.1 Å². The van der Waals surface area contributed by atoms with Crippen LogP contribution in [0, 0.1) is 11.8 Å². The van der Waals surface area contributed by atoms with Gasteiger partial charge in [-0.1, -0.05) is 12.1 Å². The fraction of sp³-hybridized carbons (Fsp3) is 0.571. The lowest BCUT2D eigenvalue weighted by atomic mass is 9.92. The predicted molar refractivity (Wildman–Crippen MR) is 64.9 cm³/mol. The van der Waals surface area contributed by atoms with Crippen LogP contribution in [-0.4, -0.2) is 20.2 Å². The second-order valence-corrected chi connectivity index (χ2v) is 5.28. The molecular weight excluding hydrogens is 217 g/mol. The molecule has 1 N–H and O–H groups in total. The fourth-order valence-electron chi connectivity index (χ4n) is 3.32. The molecule has 0 amide bonds. The van der Waals surface area contributed by atoms with E-state index in [4.69, 9.17) is 4.74 Å². The highest BCUT2D eigenvalue weighted by Gasteiger charge is 2.48. The lowest BCUT2D eigenvalue weighted by molar-refractivity contribution is 0.160. The summed E-state index contributed by atoms with van der Waals surface area (Å²) in [4.78, 5) is 0. The topological polar surface area (TPSA) is 21.3 Å². The predicted octanol–water partition coefficient (Wildman–Crippen LogP) is 2.49. The van der Waals surface area contributed by atoms with E-state index in [2.05, 4.69) is 5.32 Å². The van der Waals surface area contributed by atoms with Crippen LogP contribution < -0.4 is 10.1 Å². The highest BCUT2D eigenvalue weighted by Crippen LogP contribution is 2.50. The molecule has 1 aliphatic carbocycles. The molecule has 3 heteroatoms. The average Bonchev–Trinajstić information content (AvgIpc) is 2.88. The molecule has 1 aliphatic heterocycles. The molecule has 1 aromatic carbocycles. The van der Waals surface area contributed by atoms with E-state index in [9.17, 15) is 4.39 Å². The second kappa shape index (κ2) is 3.98. The zero-order valence-electron chi connectivity index (χ0n) is 10.1. The molecule has 2 fully saturated rings. The van der Waals surface area contributed by atoms with Crippen molar-refractivity contribution < 1.29 is 9.13 Å². The molecular formula is C14H18FNO. The molecule has 0 radical (unpaired) electrons. The van der Waals surface area contributed by atoms with Gasteiger partial charge in [0, 0.05) is 0 Å². The van der Waals surface area contributed by atoms with Crippen molar-refractivity contribution in [2.75, 3.05) is 20.2 Å². The van der Waals surface area contributed by atoms with E-state index in [0.29, 0.717) is 24.7 Å². The lowest BCUT2D eigenvalue weighted by Gasteiger charge is -2.21. The summed E-state index contributed by atoms with van der Waals surface area (Å²) in [6.45, 7) is 1.95. The quantitative estimate of drug-likeness (QED) is 0.850. The average molecular weight is 235 g/mol. The minimum atomic E-state index is -1.15. The van der Waals surface area contributed by atoms with Crippen LogP contribution in [0.2, 0.25) is 0 Å². The number of nitrogens with one attached hydrogen (secondary N) is 1. The van der Waals surface area contributed by atoms with Crippen LogP contribution >= 0.6 is 0 Å². The van der Waals surface area contributed by atoms with Gasteiger partial charge in [0.2, 0.25) is 0 Å². The molecule has 1 saturated heterocycles. The molecule has 0 bridgehead atoms. The van der Waals surface area contributed by atoms with Crippen LogP contribution in [0.5, 0.6) is 5.75 Å². The van der Waals surface area contributed by atoms with Gasteiger partial charge in [-0.2, -0.15) is 0 Å². The third-order valence-corrected chi connectivity index (χ3v) is 4.24. The zero-order chi connectivity index (χ0) is 11.9. The SMILES string of the molecule is COc1cccc(C2(F)CC3CNCC3C2)c1. The fourth-order valence-corrected chi connectivity index (χ4v) is 3.32. The van der Waals surface area contributed by atoms with Crippen molar-refractivity contribution in [3.8, 4) is 5.75 Å². The Morgan fingerprint density at radius 3 is 2.65 bits per heavy atom. The Morgan fingerprint density at radius 2 is 2.00 bits per heavy atom. The maximum Gasteiger partial charge on any atom is 0.136 e. The maximum atomic E-state index is 15.0. The zero-order valence-corrected chi connectivity index (χ0v) is 10.1. The number of alkyl halides is 1. The Labute approximate surface area is 101 Å². The standard InChI is InChI=1S/C14H18FNO/c1-17-13-4-2-3-12(5-13)14(15)6-10-8-16-9-11(10)7-14/h2-5,10-11,16H,6-9H2,1H3. The van der Waals surface area contributed by atoms with E-state index in [-0.39, 0.29) is 0 Å². The van der Waals surface area contributed by atoms with Crippen LogP contribution in [0.4, 0.5) is 4.39 Å². The highest BCUT2D eigenvalue weighted by atomic mass is 19.1. The van der Waals surface area contributed by atoms with Gasteiger partial charge in [0.05, 0.1) is 7.11 Å². The second-order valence-electron chi connectivity index (χ2n) is 5.28. The summed E-state index contributed by atoms with van der Waals surface area (Å²) in [5, 5.41) is 3.34. The lowest BCUT2D eigenvalue weighted by Crippen LogP contribution is -2.21. The molecule has 2 unspecified atom stereocenters. The van der Waals surface area contributed by atoms with Gasteiger partial charge in [0.1, 0.15) is 11.4 Å². The normalized spacial score (nSPS) is 35.9. The summed E-state index contributed by atoms with van der Waals surface area (Å²) in [5.74, 6) is 1.76. The first-order valence-corrected chi connectivity index (χ1v) is 6.25. The third-order valence-electron chi connectivity index (χ3n) is 4.24. The smallest absolute Gasteiger partial charge is 0.136 e. The molecule has 0 aromatic heterocycles. The number of fused-ring (bicyclic) bond motifs is 1. The summed E-state index contributed by atoms with van der Waals surface area (Å²) in [6, 6.07) is 7.47. The van der Waals surface area contributed by atoms with E-state index in [1.807, 2.05) is 24.3 Å². The number of halogens is 1. The molecule has 2 nitrogen and oxygen atoms in total. The van der Waals surface area contributed by atoms with E-state index in [0.717, 1.165) is 24.4 Å². The molecule has 2 aliphatic rings. The number of methoxy groups -OCH3 is 1. The highest BCUT2D eigenvalue weighted by molar-refractivity contribution is 5.33. The Morgan fingerprint density at radius 1 is 1.29 bits per heavy atom. The van der Waals surface area contributed by atoms with E-state index >= 15 is 0 Å². The minimum absolute atomic E-state index is 0.506. The monoisotopic (exact) mass is 235 g/mol. The van der Waals surface area contributed by atoms with Crippen LogP contribution in [0.3, 0.4) is 0 Å². The van der Waals surface area contributed by atoms with E-state index in [1.165, 1.54) is 0 Å². The van der Waals surface area contributed by atoms with Crippen LogP contribution in [0.15, 0.2) is 24.3 Å². The molecule has 2 atom stereocenters. The van der Waals surface area contributed by atoms with Gasteiger partial charge in [0.15, 0.2) is 0 Å². The van der Waals surface area contributed by atoms with Crippen molar-refractivity contribution in [1.29, 1.82) is 0 Å². The van der Waals surface area contributed by atoms with E-state index in [1.54, 1.807) is 7.11 Å². The van der Waals surface area contributed by atoms with Gasteiger partial charge in [-0.05, 0) is 55.5 Å². The largest absolute Gasteiger partial charge is 0.497 e. The van der Waals surface area contributed by atoms with Crippen molar-refractivity contribution in [2.45, 2.75) is 18.5 Å². The number of benzene rings is 1. The van der Waals surface area contributed by atoms with E-state index < -0.39 is 5.67 Å². The summed E-state index contributed by atoms with van der Waals surface area (Å²) in [5.41, 5.74) is -0.363. The van der Waals surface area contributed by atoms with Gasteiger partial charge in [-0.25, -0.2) is 4.39 Å². The Balaban J connectivity index is 1.87. The van der Waals surface area contributed by atoms with Crippen LogP contribution in [0.1, 0.15) is 18.4 Å². The number of hydrogen-bond donors (Lipinski definition) is 1. The van der Waals surface area contributed by atoms with Crippen LogP contribution in [0.25, 0.3) is 0 Å². The maximum absolute atomic E-state index is 15.0. The van der Waals surface area contributed by atoms with Crippen molar-refractivity contribution in [3.05, 3.63) is 29.8 Å². The molecule has 1 heterocycles. The van der Waals surface area contributed by atoms with Crippen molar-refractivity contribution in [2.24, 2.45) is 11.8 Å². The van der Waals surface area contributed by atoms with Crippen molar-refractivity contribution in [1.82, 2.24) is 5.32 Å². The van der Waals surface area contributed by atoms with Gasteiger partial charge in [-0.3, -0.25) is 0 Å². The summed E-state index contributed by atoms with van der Waals surface area (Å²) < 4.78 is 20.2. The first-order valence-electron chi connectivity index (χ1n) is 6.25. The summed E-state index contributed by atoms with van der Waals surface area (Å²) in [7, 11) is 1.62. The Kier molecular flexibility index (Phi) is 2.58. The third kappa shape index (κ3) is 1.82. The molecule has 0 spiro atoms. The Hall–Kier alpha value is -1.09. The number of hydrogen-bond acceptors (Lipinski definition) is 2. The molecule has 1 aromatic rings. The Bertz CT molecular complexity index is 408. The van der Waals surface area contributed by atoms with Crippen molar-refractivity contribution >= 4 is 0 Å². The summed E-state index contributed by atoms with van der Waals surface area (Å²) in [6.07, 6.45) is 1.30. The number of rotatable bonds is 2.